The molecule has 126 valence electrons. The number of nitrogens with zero attached hydrogens (tertiary/aromatic N) is 2. The molecule has 0 saturated carbocycles. The molecule has 3 aromatic rings. The van der Waals surface area contributed by atoms with Crippen LogP contribution in [0.1, 0.15) is 11.1 Å². The van der Waals surface area contributed by atoms with Gasteiger partial charge >= 0.3 is 0 Å². The fourth-order valence-electron chi connectivity index (χ4n) is 2.46. The van der Waals surface area contributed by atoms with Gasteiger partial charge in [-0.2, -0.15) is 10.5 Å². The van der Waals surface area contributed by atoms with Crippen molar-refractivity contribution in [2.75, 3.05) is 0 Å². The molecular weight excluding hydrogens is 391 g/mol. The topological polar surface area (TPSA) is 56.8 Å². The molecule has 0 amide bonds. The van der Waals surface area contributed by atoms with Gasteiger partial charge in [0.05, 0.1) is 16.1 Å². The molecule has 0 spiro atoms. The molecule has 0 N–H and O–H groups in total. The van der Waals surface area contributed by atoms with Crippen molar-refractivity contribution in [1.82, 2.24) is 0 Å². The van der Waals surface area contributed by atoms with Crippen molar-refractivity contribution in [2.45, 2.75) is 0 Å². The Morgan fingerprint density at radius 3 is 1.92 bits per heavy atom. The third-order valence-corrected chi connectivity index (χ3v) is 4.88. The maximum absolute atomic E-state index is 9.33. The van der Waals surface area contributed by atoms with E-state index in [9.17, 15) is 10.5 Å². The summed E-state index contributed by atoms with van der Waals surface area (Å²) in [5.74, 6) is 0.532. The molecule has 0 fully saturated rings. The van der Waals surface area contributed by atoms with Crippen LogP contribution in [-0.2, 0) is 0 Å². The summed E-state index contributed by atoms with van der Waals surface area (Å²) >= 11 is 18.7. The van der Waals surface area contributed by atoms with E-state index < -0.39 is 0 Å². The SMILES string of the molecule is N#Cc1c(Cl)c(Cl)c(Oc2ccccc2-c2ccccc2)c(Cl)c1C#N. The molecule has 0 saturated heterocycles. The Labute approximate surface area is 165 Å². The number of para-hydroxylation sites is 1. The monoisotopic (exact) mass is 398 g/mol. The predicted molar refractivity (Wildman–Crippen MR) is 103 cm³/mol. The van der Waals surface area contributed by atoms with Crippen molar-refractivity contribution in [3.8, 4) is 34.8 Å². The van der Waals surface area contributed by atoms with Crippen molar-refractivity contribution < 1.29 is 4.74 Å². The number of nitriles is 2. The Morgan fingerprint density at radius 2 is 1.27 bits per heavy atom. The van der Waals surface area contributed by atoms with E-state index in [2.05, 4.69) is 0 Å². The molecule has 0 aliphatic heterocycles. The highest BCUT2D eigenvalue weighted by Gasteiger charge is 2.23. The Hall–Kier alpha value is -2.69. The van der Waals surface area contributed by atoms with Crippen molar-refractivity contribution in [1.29, 1.82) is 10.5 Å². The molecule has 6 heteroatoms. The van der Waals surface area contributed by atoms with Crippen LogP contribution in [0.5, 0.6) is 11.5 Å². The number of hydrogen-bond donors (Lipinski definition) is 0. The first kappa shape index (κ1) is 18.1. The van der Waals surface area contributed by atoms with Crippen LogP contribution in [0.2, 0.25) is 15.1 Å². The highest BCUT2D eigenvalue weighted by Crippen LogP contribution is 2.46. The smallest absolute Gasteiger partial charge is 0.167 e. The zero-order chi connectivity index (χ0) is 18.7. The van der Waals surface area contributed by atoms with E-state index in [0.29, 0.717) is 5.75 Å². The minimum Gasteiger partial charge on any atom is -0.453 e. The molecule has 26 heavy (non-hydrogen) atoms. The number of hydrogen-bond acceptors (Lipinski definition) is 3. The molecule has 0 radical (unpaired) electrons. The first-order chi connectivity index (χ1) is 12.6. The largest absolute Gasteiger partial charge is 0.453 e. The van der Waals surface area contributed by atoms with E-state index in [1.807, 2.05) is 54.6 Å². The number of rotatable bonds is 3. The van der Waals surface area contributed by atoms with E-state index >= 15 is 0 Å². The first-order valence-electron chi connectivity index (χ1n) is 7.41. The van der Waals surface area contributed by atoms with Gasteiger partial charge in [-0.3, -0.25) is 0 Å². The molecule has 3 rings (SSSR count). The average molecular weight is 400 g/mol. The maximum atomic E-state index is 9.33. The lowest BCUT2D eigenvalue weighted by Crippen LogP contribution is -1.96. The summed E-state index contributed by atoms with van der Waals surface area (Å²) in [6.45, 7) is 0. The number of halogens is 3. The molecule has 0 heterocycles. The third kappa shape index (κ3) is 3.21. The lowest BCUT2D eigenvalue weighted by atomic mass is 10.0. The van der Waals surface area contributed by atoms with Gasteiger partial charge in [-0.05, 0) is 11.6 Å². The van der Waals surface area contributed by atoms with Gasteiger partial charge in [-0.25, -0.2) is 0 Å². The summed E-state index contributed by atoms with van der Waals surface area (Å²) in [5, 5.41) is 18.4. The summed E-state index contributed by atoms with van der Waals surface area (Å²) in [6.07, 6.45) is 0. The number of ether oxygens (including phenoxy) is 1. The van der Waals surface area contributed by atoms with Crippen LogP contribution < -0.4 is 4.74 Å². The predicted octanol–water partition coefficient (Wildman–Crippen LogP) is 6.85. The zero-order valence-corrected chi connectivity index (χ0v) is 15.4. The Bertz CT molecular complexity index is 1070. The minimum atomic E-state index is -0.0761. The van der Waals surface area contributed by atoms with Crippen molar-refractivity contribution in [3.05, 3.63) is 80.8 Å². The average Bonchev–Trinajstić information content (AvgIpc) is 2.68. The quantitative estimate of drug-likeness (QED) is 0.452. The second-order valence-corrected chi connectivity index (χ2v) is 6.34. The van der Waals surface area contributed by atoms with E-state index in [-0.39, 0.29) is 31.9 Å². The van der Waals surface area contributed by atoms with Gasteiger partial charge in [0.1, 0.15) is 27.9 Å². The van der Waals surface area contributed by atoms with Crippen LogP contribution in [0.4, 0.5) is 0 Å². The summed E-state index contributed by atoms with van der Waals surface area (Å²) in [7, 11) is 0. The summed E-state index contributed by atoms with van der Waals surface area (Å²) in [4.78, 5) is 0. The Balaban J connectivity index is 2.17. The van der Waals surface area contributed by atoms with E-state index in [1.165, 1.54) is 0 Å². The molecule has 0 unspecified atom stereocenters. The highest BCUT2D eigenvalue weighted by atomic mass is 35.5. The van der Waals surface area contributed by atoms with Gasteiger partial charge in [0.25, 0.3) is 0 Å². The molecule has 0 atom stereocenters. The maximum Gasteiger partial charge on any atom is 0.167 e. The second kappa shape index (κ2) is 7.68. The van der Waals surface area contributed by atoms with Gasteiger partial charge in [-0.1, -0.05) is 83.3 Å². The van der Waals surface area contributed by atoms with Crippen LogP contribution in [0.15, 0.2) is 54.6 Å². The molecule has 3 aromatic carbocycles. The lowest BCUT2D eigenvalue weighted by molar-refractivity contribution is 0.485. The fourth-order valence-corrected chi connectivity index (χ4v) is 3.23. The standard InChI is InChI=1S/C20H9Cl3N2O/c21-17-14(10-24)15(11-25)18(22)20(19(17)23)26-16-9-5-4-8-13(16)12-6-2-1-3-7-12/h1-9H. The van der Waals surface area contributed by atoms with Crippen LogP contribution in [0, 0.1) is 22.7 Å². The Morgan fingerprint density at radius 1 is 0.692 bits per heavy atom. The lowest BCUT2D eigenvalue weighted by Gasteiger charge is -2.15. The highest BCUT2D eigenvalue weighted by molar-refractivity contribution is 6.46. The van der Waals surface area contributed by atoms with Gasteiger partial charge < -0.3 is 4.74 Å². The van der Waals surface area contributed by atoms with Crippen LogP contribution in [0.25, 0.3) is 11.1 Å². The van der Waals surface area contributed by atoms with Crippen molar-refractivity contribution in [2.24, 2.45) is 0 Å². The molecule has 0 aromatic heterocycles. The summed E-state index contributed by atoms with van der Waals surface area (Å²) < 4.78 is 5.94. The second-order valence-electron chi connectivity index (χ2n) is 5.21. The summed E-state index contributed by atoms with van der Waals surface area (Å²) in [6, 6.07) is 20.7. The zero-order valence-electron chi connectivity index (χ0n) is 13.1. The van der Waals surface area contributed by atoms with Gasteiger partial charge in [0.2, 0.25) is 0 Å². The molecular formula is C20H9Cl3N2O. The summed E-state index contributed by atoms with van der Waals surface area (Å²) in [5.41, 5.74) is 1.61. The van der Waals surface area contributed by atoms with Crippen molar-refractivity contribution in [3.63, 3.8) is 0 Å². The van der Waals surface area contributed by atoms with E-state index in [0.717, 1.165) is 11.1 Å². The first-order valence-corrected chi connectivity index (χ1v) is 8.54. The molecule has 0 aliphatic carbocycles. The third-order valence-electron chi connectivity index (χ3n) is 3.69. The minimum absolute atomic E-state index is 0.0184. The normalized spacial score (nSPS) is 10.0. The molecule has 3 nitrogen and oxygen atoms in total. The molecule has 0 aliphatic rings. The van der Waals surface area contributed by atoms with Gasteiger partial charge in [0.15, 0.2) is 5.75 Å². The fraction of sp³-hybridized carbons (Fsp3) is 0. The number of benzene rings is 3. The van der Waals surface area contributed by atoms with Crippen molar-refractivity contribution >= 4 is 34.8 Å². The Kier molecular flexibility index (Phi) is 5.35. The van der Waals surface area contributed by atoms with E-state index in [4.69, 9.17) is 39.5 Å². The van der Waals surface area contributed by atoms with Crippen LogP contribution >= 0.6 is 34.8 Å². The van der Waals surface area contributed by atoms with Crippen LogP contribution in [0.3, 0.4) is 0 Å². The molecule has 0 bridgehead atoms. The van der Waals surface area contributed by atoms with Gasteiger partial charge in [0, 0.05) is 5.56 Å². The van der Waals surface area contributed by atoms with Crippen LogP contribution in [-0.4, -0.2) is 0 Å². The van der Waals surface area contributed by atoms with E-state index in [1.54, 1.807) is 12.1 Å². The van der Waals surface area contributed by atoms with Gasteiger partial charge in [-0.15, -0.1) is 0 Å².